The number of hydrogen-bond acceptors (Lipinski definition) is 4. The molecule has 0 unspecified atom stereocenters. The highest BCUT2D eigenvalue weighted by atomic mass is 16.5. The molecular weight excluding hydrogens is 352 g/mol. The number of rotatable bonds is 11. The maximum atomic E-state index is 10.7. The molecule has 2 N–H and O–H groups in total. The maximum absolute atomic E-state index is 10.7. The number of benzene rings is 2. The van der Waals surface area contributed by atoms with Crippen molar-refractivity contribution >= 4 is 5.97 Å². The molecular formula is C23H28N2O3. The molecule has 0 radical (unpaired) electrons. The Labute approximate surface area is 167 Å². The molecule has 0 aliphatic carbocycles. The van der Waals surface area contributed by atoms with E-state index in [1.54, 1.807) is 6.07 Å². The Kier molecular flexibility index (Phi) is 9.06. The highest BCUT2D eigenvalue weighted by Crippen LogP contribution is 2.16. The van der Waals surface area contributed by atoms with E-state index >= 15 is 0 Å². The van der Waals surface area contributed by atoms with Crippen LogP contribution < -0.4 is 10.1 Å². The van der Waals surface area contributed by atoms with Crippen molar-refractivity contribution in [2.75, 3.05) is 26.7 Å². The van der Waals surface area contributed by atoms with E-state index in [1.165, 1.54) is 5.56 Å². The topological polar surface area (TPSA) is 61.8 Å². The van der Waals surface area contributed by atoms with Crippen molar-refractivity contribution in [1.82, 2.24) is 10.2 Å². The van der Waals surface area contributed by atoms with Crippen molar-refractivity contribution in [2.24, 2.45) is 0 Å². The maximum Gasteiger partial charge on any atom is 0.341 e. The third-order valence-electron chi connectivity index (χ3n) is 4.41. The fraction of sp³-hybridized carbons (Fsp3) is 0.348. The van der Waals surface area contributed by atoms with Crippen molar-refractivity contribution in [2.45, 2.75) is 25.9 Å². The van der Waals surface area contributed by atoms with Gasteiger partial charge in [-0.15, -0.1) is 5.92 Å². The molecule has 0 saturated heterocycles. The SMILES string of the molecule is CC#CCN(C)[C@H](CNCc1ccccc1)Cc1cccc(OCC(=O)O)c1. The van der Waals surface area contributed by atoms with Crippen LogP contribution in [0.2, 0.25) is 0 Å². The molecule has 0 fully saturated rings. The summed E-state index contributed by atoms with van der Waals surface area (Å²) < 4.78 is 5.30. The molecule has 0 bridgehead atoms. The highest BCUT2D eigenvalue weighted by molar-refractivity contribution is 5.68. The number of nitrogens with one attached hydrogen (secondary N) is 1. The van der Waals surface area contributed by atoms with E-state index < -0.39 is 5.97 Å². The Morgan fingerprint density at radius 1 is 1.18 bits per heavy atom. The molecule has 0 heterocycles. The quantitative estimate of drug-likeness (QED) is 0.587. The van der Waals surface area contributed by atoms with Gasteiger partial charge in [0.05, 0.1) is 6.54 Å². The van der Waals surface area contributed by atoms with E-state index in [0.717, 1.165) is 25.1 Å². The minimum atomic E-state index is -0.980. The number of nitrogens with zero attached hydrogens (tertiary/aromatic N) is 1. The fourth-order valence-electron chi connectivity index (χ4n) is 2.88. The number of likely N-dealkylation sites (N-methyl/N-ethyl adjacent to an activating group) is 1. The van der Waals surface area contributed by atoms with Gasteiger partial charge in [-0.2, -0.15) is 0 Å². The molecule has 148 valence electrons. The first kappa shape index (κ1) is 21.5. The van der Waals surface area contributed by atoms with Gasteiger partial charge in [0.1, 0.15) is 5.75 Å². The summed E-state index contributed by atoms with van der Waals surface area (Å²) in [5, 5.41) is 12.3. The van der Waals surface area contributed by atoms with Crippen molar-refractivity contribution in [3.8, 4) is 17.6 Å². The van der Waals surface area contributed by atoms with Crippen LogP contribution in [0.4, 0.5) is 0 Å². The lowest BCUT2D eigenvalue weighted by atomic mass is 10.0. The van der Waals surface area contributed by atoms with Crippen LogP contribution in [0.3, 0.4) is 0 Å². The van der Waals surface area contributed by atoms with Crippen LogP contribution in [0.5, 0.6) is 5.75 Å². The van der Waals surface area contributed by atoms with E-state index in [1.807, 2.05) is 43.3 Å². The first-order valence-corrected chi connectivity index (χ1v) is 9.36. The molecule has 0 saturated carbocycles. The number of carboxylic acid groups (broad SMARTS) is 1. The zero-order chi connectivity index (χ0) is 20.2. The van der Waals surface area contributed by atoms with Crippen LogP contribution in [0.25, 0.3) is 0 Å². The molecule has 5 heteroatoms. The van der Waals surface area contributed by atoms with Gasteiger partial charge >= 0.3 is 5.97 Å². The molecule has 0 aromatic heterocycles. The highest BCUT2D eigenvalue weighted by Gasteiger charge is 2.15. The predicted octanol–water partition coefficient (Wildman–Crippen LogP) is 2.81. The summed E-state index contributed by atoms with van der Waals surface area (Å²) in [4.78, 5) is 12.9. The Morgan fingerprint density at radius 2 is 1.93 bits per heavy atom. The van der Waals surface area contributed by atoms with Crippen molar-refractivity contribution in [1.29, 1.82) is 0 Å². The second-order valence-corrected chi connectivity index (χ2v) is 6.65. The van der Waals surface area contributed by atoms with E-state index in [4.69, 9.17) is 9.84 Å². The minimum Gasteiger partial charge on any atom is -0.482 e. The summed E-state index contributed by atoms with van der Waals surface area (Å²) >= 11 is 0. The van der Waals surface area contributed by atoms with Gasteiger partial charge in [0.25, 0.3) is 0 Å². The zero-order valence-electron chi connectivity index (χ0n) is 16.5. The number of aliphatic carboxylic acids is 1. The lowest BCUT2D eigenvalue weighted by Crippen LogP contribution is -2.41. The second kappa shape index (κ2) is 11.8. The van der Waals surface area contributed by atoms with Crippen molar-refractivity contribution in [3.63, 3.8) is 0 Å². The Morgan fingerprint density at radius 3 is 2.64 bits per heavy atom. The van der Waals surface area contributed by atoms with E-state index in [-0.39, 0.29) is 12.6 Å². The molecule has 2 rings (SSSR count). The van der Waals surface area contributed by atoms with Gasteiger partial charge in [-0.1, -0.05) is 48.4 Å². The number of carboxylic acids is 1. The molecule has 5 nitrogen and oxygen atoms in total. The third-order valence-corrected chi connectivity index (χ3v) is 4.41. The molecule has 2 aromatic carbocycles. The van der Waals surface area contributed by atoms with Gasteiger partial charge in [-0.3, -0.25) is 4.90 Å². The van der Waals surface area contributed by atoms with Gasteiger partial charge in [0, 0.05) is 19.1 Å². The van der Waals surface area contributed by atoms with E-state index in [9.17, 15) is 4.79 Å². The van der Waals surface area contributed by atoms with Gasteiger partial charge in [0.15, 0.2) is 6.61 Å². The van der Waals surface area contributed by atoms with Crippen molar-refractivity contribution < 1.29 is 14.6 Å². The largest absolute Gasteiger partial charge is 0.482 e. The molecule has 1 atom stereocenters. The summed E-state index contributed by atoms with van der Waals surface area (Å²) in [6.07, 6.45) is 0.813. The number of ether oxygens (including phenoxy) is 1. The predicted molar refractivity (Wildman–Crippen MR) is 111 cm³/mol. The van der Waals surface area contributed by atoms with Crippen LogP contribution in [-0.4, -0.2) is 48.8 Å². The van der Waals surface area contributed by atoms with Gasteiger partial charge in [-0.25, -0.2) is 4.79 Å². The minimum absolute atomic E-state index is 0.249. The van der Waals surface area contributed by atoms with Gasteiger partial charge in [0.2, 0.25) is 0 Å². The Balaban J connectivity index is 2.00. The lowest BCUT2D eigenvalue weighted by molar-refractivity contribution is -0.139. The first-order chi connectivity index (χ1) is 13.6. The third kappa shape index (κ3) is 7.83. The Hall–Kier alpha value is -2.81. The molecule has 2 aromatic rings. The van der Waals surface area contributed by atoms with Crippen LogP contribution in [0, 0.1) is 11.8 Å². The average Bonchev–Trinajstić information content (AvgIpc) is 2.71. The van der Waals surface area contributed by atoms with E-state index in [0.29, 0.717) is 12.3 Å². The van der Waals surface area contributed by atoms with Crippen LogP contribution in [-0.2, 0) is 17.8 Å². The molecule has 0 amide bonds. The smallest absolute Gasteiger partial charge is 0.341 e. The summed E-state index contributed by atoms with van der Waals surface area (Å²) in [7, 11) is 2.07. The fourth-order valence-corrected chi connectivity index (χ4v) is 2.88. The number of carbonyl (C=O) groups is 1. The summed E-state index contributed by atoms with van der Waals surface area (Å²) in [6.45, 7) is 3.84. The van der Waals surface area contributed by atoms with Gasteiger partial charge in [-0.05, 0) is 43.7 Å². The second-order valence-electron chi connectivity index (χ2n) is 6.65. The average molecular weight is 380 g/mol. The Bertz CT molecular complexity index is 796. The monoisotopic (exact) mass is 380 g/mol. The summed E-state index contributed by atoms with van der Waals surface area (Å²) in [5.74, 6) is 5.67. The van der Waals surface area contributed by atoms with Gasteiger partial charge < -0.3 is 15.2 Å². The zero-order valence-corrected chi connectivity index (χ0v) is 16.5. The lowest BCUT2D eigenvalue weighted by Gasteiger charge is -2.27. The van der Waals surface area contributed by atoms with E-state index in [2.05, 4.69) is 41.2 Å². The normalized spacial score (nSPS) is 11.5. The summed E-state index contributed by atoms with van der Waals surface area (Å²) in [6, 6.07) is 18.2. The molecule has 0 aliphatic rings. The van der Waals surface area contributed by atoms with Crippen LogP contribution in [0.15, 0.2) is 54.6 Å². The molecule has 28 heavy (non-hydrogen) atoms. The van der Waals surface area contributed by atoms with Crippen LogP contribution >= 0.6 is 0 Å². The van der Waals surface area contributed by atoms with Crippen molar-refractivity contribution in [3.05, 3.63) is 65.7 Å². The first-order valence-electron chi connectivity index (χ1n) is 9.36. The number of hydrogen-bond donors (Lipinski definition) is 2. The standard InChI is InChI=1S/C23H28N2O3/c1-3-4-13-25(2)21(17-24-16-19-9-6-5-7-10-19)14-20-11-8-12-22(15-20)28-18-23(26)27/h5-12,15,21,24H,13-14,16-18H2,1-2H3,(H,26,27)/t21-/m0/s1. The molecule has 0 spiro atoms. The summed E-state index contributed by atoms with van der Waals surface area (Å²) in [5.41, 5.74) is 2.35. The van der Waals surface area contributed by atoms with Crippen LogP contribution in [0.1, 0.15) is 18.1 Å². The molecule has 0 aliphatic heterocycles.